The number of ether oxygens (including phenoxy) is 3. The minimum absolute atomic E-state index is 0.0899. The van der Waals surface area contributed by atoms with Crippen LogP contribution in [-0.2, 0) is 28.6 Å². The molecule has 0 saturated heterocycles. The Balaban J connectivity index is 4.42. The Bertz CT molecular complexity index is 1470. The Morgan fingerprint density at radius 2 is 0.468 bits per heavy atom. The van der Waals surface area contributed by atoms with E-state index in [1.807, 2.05) is 0 Å². The summed E-state index contributed by atoms with van der Waals surface area (Å²) in [7, 11) is 0. The Morgan fingerprint density at radius 1 is 0.260 bits per heavy atom. The largest absolute Gasteiger partial charge is 0.462 e. The van der Waals surface area contributed by atoms with E-state index >= 15 is 0 Å². The van der Waals surface area contributed by atoms with Crippen LogP contribution in [0.1, 0.15) is 329 Å². The molecule has 0 bridgehead atoms. The van der Waals surface area contributed by atoms with Crippen LogP contribution in [-0.4, -0.2) is 37.2 Å². The number of unbranched alkanes of at least 4 members (excludes halogenated alkanes) is 35. The minimum Gasteiger partial charge on any atom is -0.462 e. The Kier molecular flexibility index (Phi) is 62.2. The number of carbonyl (C=O) groups is 3. The van der Waals surface area contributed by atoms with Crippen LogP contribution in [0.5, 0.6) is 0 Å². The van der Waals surface area contributed by atoms with Gasteiger partial charge < -0.3 is 14.2 Å². The van der Waals surface area contributed by atoms with Gasteiger partial charge in [0.15, 0.2) is 6.10 Å². The number of hydrogen-bond acceptors (Lipinski definition) is 6. The quantitative estimate of drug-likeness (QED) is 0.0261. The molecule has 0 aliphatic heterocycles. The van der Waals surface area contributed by atoms with Crippen molar-refractivity contribution >= 4 is 17.9 Å². The van der Waals surface area contributed by atoms with Gasteiger partial charge in [-0.15, -0.1) is 0 Å². The minimum atomic E-state index is -0.797. The highest BCUT2D eigenvalue weighted by Gasteiger charge is 2.19. The van der Waals surface area contributed by atoms with Gasteiger partial charge in [-0.25, -0.2) is 0 Å². The molecule has 0 aliphatic carbocycles. The zero-order valence-electron chi connectivity index (χ0n) is 51.0. The lowest BCUT2D eigenvalue weighted by Crippen LogP contribution is -2.30. The summed E-state index contributed by atoms with van der Waals surface area (Å²) in [6.07, 6.45) is 85.8. The molecule has 0 amide bonds. The van der Waals surface area contributed by atoms with Crippen molar-refractivity contribution in [3.8, 4) is 0 Å². The van der Waals surface area contributed by atoms with Crippen LogP contribution in [0.4, 0.5) is 0 Å². The van der Waals surface area contributed by atoms with Crippen LogP contribution >= 0.6 is 0 Å². The number of rotatable bonds is 60. The number of esters is 3. The number of allylic oxidation sites excluding steroid dienone is 14. The van der Waals surface area contributed by atoms with Crippen LogP contribution < -0.4 is 0 Å². The lowest BCUT2D eigenvalue weighted by Gasteiger charge is -2.18. The Hall–Kier alpha value is -3.41. The van der Waals surface area contributed by atoms with Gasteiger partial charge in [0.2, 0.25) is 0 Å². The van der Waals surface area contributed by atoms with Crippen molar-refractivity contribution in [1.29, 1.82) is 0 Å². The maximum Gasteiger partial charge on any atom is 0.306 e. The average Bonchev–Trinajstić information content (AvgIpc) is 3.43. The highest BCUT2D eigenvalue weighted by Crippen LogP contribution is 2.16. The molecule has 0 heterocycles. The normalized spacial score (nSPS) is 12.6. The molecule has 444 valence electrons. The van der Waals surface area contributed by atoms with Gasteiger partial charge in [-0.05, 0) is 122 Å². The van der Waals surface area contributed by atoms with Crippen molar-refractivity contribution < 1.29 is 28.6 Å². The summed E-state index contributed by atoms with van der Waals surface area (Å²) >= 11 is 0. The summed E-state index contributed by atoms with van der Waals surface area (Å²) in [6, 6.07) is 0. The second kappa shape index (κ2) is 65.1. The Labute approximate surface area is 477 Å². The van der Waals surface area contributed by atoms with E-state index in [4.69, 9.17) is 14.2 Å². The van der Waals surface area contributed by atoms with Crippen LogP contribution in [0.2, 0.25) is 0 Å². The maximum absolute atomic E-state index is 12.9. The molecule has 6 heteroatoms. The molecule has 0 aromatic heterocycles. The summed E-state index contributed by atoms with van der Waals surface area (Å²) in [5.41, 5.74) is 0. The first-order chi connectivity index (χ1) is 38.0. The molecule has 6 nitrogen and oxygen atoms in total. The van der Waals surface area contributed by atoms with Gasteiger partial charge in [0.05, 0.1) is 0 Å². The summed E-state index contributed by atoms with van der Waals surface area (Å²) in [6.45, 7) is 6.59. The predicted octanol–water partition coefficient (Wildman–Crippen LogP) is 22.7. The zero-order chi connectivity index (χ0) is 55.7. The van der Waals surface area contributed by atoms with Gasteiger partial charge in [0.25, 0.3) is 0 Å². The third kappa shape index (κ3) is 63.3. The standard InChI is InChI=1S/C71H124O6/c1-4-7-10-13-16-19-22-25-28-31-34-35-38-40-43-46-49-52-55-58-61-64-70(73)76-67-68(77-71(74)65-62-59-56-53-50-47-44-41-37-33-30-27-24-21-18-15-12-9-6-3)66-75-69(72)63-60-57-54-51-48-45-42-39-36-32-29-26-23-20-17-14-11-8-5-2/h17-18,20-21,25-30,37,41,47,50,68H,4-16,19,22-24,31-36,38-40,42-46,48-49,51-67H2,1-3H3/b20-17-,21-18-,28-25-,29-26-,30-27-,41-37-,50-47-/t68-/m1/s1. The van der Waals surface area contributed by atoms with Gasteiger partial charge in [0.1, 0.15) is 13.2 Å². The van der Waals surface area contributed by atoms with Crippen molar-refractivity contribution in [3.05, 3.63) is 85.1 Å². The van der Waals surface area contributed by atoms with Crippen LogP contribution in [0.25, 0.3) is 0 Å². The van der Waals surface area contributed by atoms with Crippen molar-refractivity contribution in [3.63, 3.8) is 0 Å². The third-order valence-electron chi connectivity index (χ3n) is 14.3. The summed E-state index contributed by atoms with van der Waals surface area (Å²) in [4.78, 5) is 38.4. The van der Waals surface area contributed by atoms with Crippen molar-refractivity contribution in [2.24, 2.45) is 0 Å². The first-order valence-corrected chi connectivity index (χ1v) is 33.1. The highest BCUT2D eigenvalue weighted by atomic mass is 16.6. The molecule has 0 radical (unpaired) electrons. The Morgan fingerprint density at radius 3 is 0.779 bits per heavy atom. The van der Waals surface area contributed by atoms with E-state index < -0.39 is 6.10 Å². The van der Waals surface area contributed by atoms with E-state index in [9.17, 15) is 14.4 Å². The first kappa shape index (κ1) is 73.6. The maximum atomic E-state index is 12.9. The second-order valence-electron chi connectivity index (χ2n) is 22.0. The lowest BCUT2D eigenvalue weighted by atomic mass is 10.0. The number of carbonyl (C=O) groups excluding carboxylic acids is 3. The van der Waals surface area contributed by atoms with E-state index in [2.05, 4.69) is 106 Å². The van der Waals surface area contributed by atoms with Crippen LogP contribution in [0.15, 0.2) is 85.1 Å². The summed E-state index contributed by atoms with van der Waals surface area (Å²) in [5, 5.41) is 0. The molecule has 0 unspecified atom stereocenters. The van der Waals surface area contributed by atoms with E-state index in [-0.39, 0.29) is 31.1 Å². The monoisotopic (exact) mass is 1070 g/mol. The van der Waals surface area contributed by atoms with Crippen molar-refractivity contribution in [2.45, 2.75) is 335 Å². The van der Waals surface area contributed by atoms with Crippen LogP contribution in [0, 0.1) is 0 Å². The van der Waals surface area contributed by atoms with E-state index in [1.165, 1.54) is 199 Å². The smallest absolute Gasteiger partial charge is 0.306 e. The molecule has 1 atom stereocenters. The molecular weight excluding hydrogens is 949 g/mol. The fourth-order valence-electron chi connectivity index (χ4n) is 9.33. The van der Waals surface area contributed by atoms with Crippen molar-refractivity contribution in [2.75, 3.05) is 13.2 Å². The third-order valence-corrected chi connectivity index (χ3v) is 14.3. The van der Waals surface area contributed by atoms with E-state index in [1.54, 1.807) is 0 Å². The lowest BCUT2D eigenvalue weighted by molar-refractivity contribution is -0.167. The zero-order valence-corrected chi connectivity index (χ0v) is 51.0. The van der Waals surface area contributed by atoms with E-state index in [0.29, 0.717) is 19.3 Å². The molecule has 0 spiro atoms. The van der Waals surface area contributed by atoms with Gasteiger partial charge in [0, 0.05) is 19.3 Å². The summed E-state index contributed by atoms with van der Waals surface area (Å²) in [5.74, 6) is -0.912. The molecule has 0 saturated carbocycles. The van der Waals surface area contributed by atoms with Gasteiger partial charge >= 0.3 is 17.9 Å². The summed E-state index contributed by atoms with van der Waals surface area (Å²) < 4.78 is 16.9. The van der Waals surface area contributed by atoms with Gasteiger partial charge in [-0.1, -0.05) is 273 Å². The molecule has 0 rings (SSSR count). The molecule has 0 aromatic rings. The number of hydrogen-bond donors (Lipinski definition) is 0. The average molecular weight is 1070 g/mol. The predicted molar refractivity (Wildman–Crippen MR) is 334 cm³/mol. The second-order valence-corrected chi connectivity index (χ2v) is 22.0. The molecule has 0 aromatic carbocycles. The van der Waals surface area contributed by atoms with Crippen molar-refractivity contribution in [1.82, 2.24) is 0 Å². The molecule has 77 heavy (non-hydrogen) atoms. The topological polar surface area (TPSA) is 78.9 Å². The van der Waals surface area contributed by atoms with E-state index in [0.717, 1.165) is 89.9 Å². The molecule has 0 N–H and O–H groups in total. The fourth-order valence-corrected chi connectivity index (χ4v) is 9.33. The van der Waals surface area contributed by atoms with Gasteiger partial charge in [-0.3, -0.25) is 14.4 Å². The molecule has 0 aliphatic rings. The highest BCUT2D eigenvalue weighted by molar-refractivity contribution is 5.71. The SMILES string of the molecule is CCCCC/C=C\C/C=C\C/C=C\C/C=C\CCCCCC(=O)O[C@H](COC(=O)CCCCCCCCCCC/C=C\C/C=C\CCCCC)COC(=O)CCCCCCCCCCCCC/C=C\CCCCCCCC. The molecule has 0 fully saturated rings. The fraction of sp³-hybridized carbons (Fsp3) is 0.761. The van der Waals surface area contributed by atoms with Crippen LogP contribution in [0.3, 0.4) is 0 Å². The first-order valence-electron chi connectivity index (χ1n) is 33.1. The molecular formula is C71H124O6. The van der Waals surface area contributed by atoms with Gasteiger partial charge in [-0.2, -0.15) is 0 Å².